The summed E-state index contributed by atoms with van der Waals surface area (Å²) in [4.78, 5) is 0.895. The van der Waals surface area contributed by atoms with Gasteiger partial charge in [-0.3, -0.25) is 0 Å². The summed E-state index contributed by atoms with van der Waals surface area (Å²) in [5, 5.41) is 10.5. The number of rotatable bonds is 2. The van der Waals surface area contributed by atoms with Gasteiger partial charge < -0.3 is 5.73 Å². The number of hydrogen-bond acceptors (Lipinski definition) is 3. The van der Waals surface area contributed by atoms with Crippen molar-refractivity contribution in [1.82, 2.24) is 0 Å². The van der Waals surface area contributed by atoms with Crippen LogP contribution in [0.15, 0.2) is 29.0 Å². The van der Waals surface area contributed by atoms with E-state index in [2.05, 4.69) is 12.6 Å². The van der Waals surface area contributed by atoms with Crippen LogP contribution in [0, 0.1) is 18.3 Å². The molecular weight excluding hydrogens is 180 g/mol. The fourth-order valence-electron chi connectivity index (χ4n) is 1.04. The van der Waals surface area contributed by atoms with Gasteiger partial charge in [-0.05, 0) is 30.0 Å². The lowest BCUT2D eigenvalue weighted by Gasteiger charge is -2.05. The number of benzene rings is 1. The quantitative estimate of drug-likeness (QED) is 0.576. The van der Waals surface area contributed by atoms with E-state index in [4.69, 9.17) is 11.0 Å². The SMILES string of the molecule is C=CSc1cc(C)cc(C#N)c1N. The van der Waals surface area contributed by atoms with E-state index in [1.807, 2.05) is 13.0 Å². The van der Waals surface area contributed by atoms with Crippen LogP contribution >= 0.6 is 11.8 Å². The van der Waals surface area contributed by atoms with Gasteiger partial charge >= 0.3 is 0 Å². The van der Waals surface area contributed by atoms with E-state index in [0.717, 1.165) is 10.5 Å². The maximum Gasteiger partial charge on any atom is 0.101 e. The molecule has 13 heavy (non-hydrogen) atoms. The molecule has 0 heterocycles. The maximum absolute atomic E-state index is 8.77. The molecule has 0 aliphatic rings. The highest BCUT2D eigenvalue weighted by atomic mass is 32.2. The van der Waals surface area contributed by atoms with Gasteiger partial charge in [-0.1, -0.05) is 18.3 Å². The Hall–Kier alpha value is -1.40. The molecule has 0 atom stereocenters. The number of nitrogen functional groups attached to an aromatic ring is 1. The Balaban J connectivity index is 3.28. The minimum atomic E-state index is 0.532. The van der Waals surface area contributed by atoms with Gasteiger partial charge in [-0.2, -0.15) is 5.26 Å². The van der Waals surface area contributed by atoms with E-state index in [-0.39, 0.29) is 0 Å². The third kappa shape index (κ3) is 2.04. The lowest BCUT2D eigenvalue weighted by atomic mass is 10.1. The molecule has 0 saturated heterocycles. The number of anilines is 1. The first-order valence-electron chi connectivity index (χ1n) is 3.77. The molecule has 0 aromatic heterocycles. The van der Waals surface area contributed by atoms with Gasteiger partial charge in [-0.25, -0.2) is 0 Å². The highest BCUT2D eigenvalue weighted by Gasteiger charge is 2.04. The van der Waals surface area contributed by atoms with Crippen LogP contribution in [-0.4, -0.2) is 0 Å². The first kappa shape index (κ1) is 9.69. The summed E-state index contributed by atoms with van der Waals surface area (Å²) in [5.74, 6) is 0. The van der Waals surface area contributed by atoms with Crippen molar-refractivity contribution in [3.05, 3.63) is 35.2 Å². The second-order valence-electron chi connectivity index (χ2n) is 2.62. The summed E-state index contributed by atoms with van der Waals surface area (Å²) in [6.45, 7) is 5.54. The van der Waals surface area contributed by atoms with E-state index < -0.39 is 0 Å². The molecule has 0 fully saturated rings. The lowest BCUT2D eigenvalue weighted by Crippen LogP contribution is -1.93. The summed E-state index contributed by atoms with van der Waals surface area (Å²) in [6.07, 6.45) is 0. The van der Waals surface area contributed by atoms with Crippen molar-refractivity contribution in [3.63, 3.8) is 0 Å². The maximum atomic E-state index is 8.77. The van der Waals surface area contributed by atoms with Crippen molar-refractivity contribution in [3.8, 4) is 6.07 Å². The van der Waals surface area contributed by atoms with Crippen molar-refractivity contribution in [2.75, 3.05) is 5.73 Å². The molecule has 0 aliphatic carbocycles. The Kier molecular flexibility index (Phi) is 2.99. The third-order valence-electron chi connectivity index (χ3n) is 1.62. The zero-order chi connectivity index (χ0) is 9.84. The monoisotopic (exact) mass is 190 g/mol. The summed E-state index contributed by atoms with van der Waals surface area (Å²) in [5.41, 5.74) is 7.87. The van der Waals surface area contributed by atoms with Crippen LogP contribution in [0.25, 0.3) is 0 Å². The van der Waals surface area contributed by atoms with Crippen LogP contribution in [-0.2, 0) is 0 Å². The summed E-state index contributed by atoms with van der Waals surface area (Å²) in [6, 6.07) is 5.79. The van der Waals surface area contributed by atoms with Crippen molar-refractivity contribution in [2.24, 2.45) is 0 Å². The van der Waals surface area contributed by atoms with E-state index in [1.54, 1.807) is 11.5 Å². The van der Waals surface area contributed by atoms with E-state index in [9.17, 15) is 0 Å². The topological polar surface area (TPSA) is 49.8 Å². The molecule has 1 rings (SSSR count). The van der Waals surface area contributed by atoms with Gasteiger partial charge in [0.2, 0.25) is 0 Å². The predicted octanol–water partition coefficient (Wildman–Crippen LogP) is 2.68. The minimum Gasteiger partial charge on any atom is -0.397 e. The van der Waals surface area contributed by atoms with Crippen LogP contribution in [0.3, 0.4) is 0 Å². The second kappa shape index (κ2) is 4.01. The Labute approximate surface area is 82.1 Å². The predicted molar refractivity (Wildman–Crippen MR) is 56.4 cm³/mol. The van der Waals surface area contributed by atoms with Crippen LogP contribution < -0.4 is 5.73 Å². The van der Waals surface area contributed by atoms with Gasteiger partial charge in [0.15, 0.2) is 0 Å². The van der Waals surface area contributed by atoms with Crippen LogP contribution in [0.5, 0.6) is 0 Å². The smallest absolute Gasteiger partial charge is 0.101 e. The van der Waals surface area contributed by atoms with Gasteiger partial charge in [-0.15, -0.1) is 0 Å². The van der Waals surface area contributed by atoms with E-state index in [0.29, 0.717) is 11.3 Å². The minimum absolute atomic E-state index is 0.532. The summed E-state index contributed by atoms with van der Waals surface area (Å²) < 4.78 is 0. The van der Waals surface area contributed by atoms with Crippen molar-refractivity contribution in [1.29, 1.82) is 5.26 Å². The van der Waals surface area contributed by atoms with Crippen LogP contribution in [0.1, 0.15) is 11.1 Å². The first-order chi connectivity index (χ1) is 6.19. The zero-order valence-electron chi connectivity index (χ0n) is 7.37. The molecular formula is C10H10N2S. The van der Waals surface area contributed by atoms with E-state index in [1.165, 1.54) is 11.8 Å². The average molecular weight is 190 g/mol. The standard InChI is InChI=1S/C10H10N2S/c1-3-13-9-5-7(2)4-8(6-11)10(9)12/h3-5H,1,12H2,2H3. The number of nitrogens with zero attached hydrogens (tertiary/aromatic N) is 1. The molecule has 2 N–H and O–H groups in total. The Morgan fingerprint density at radius 3 is 2.85 bits per heavy atom. The molecule has 0 spiro atoms. The first-order valence-corrected chi connectivity index (χ1v) is 4.64. The number of thioether (sulfide) groups is 1. The molecule has 1 aromatic rings. The van der Waals surface area contributed by atoms with Crippen LogP contribution in [0.2, 0.25) is 0 Å². The molecule has 66 valence electrons. The van der Waals surface area contributed by atoms with Crippen molar-refractivity contribution >= 4 is 17.4 Å². The number of hydrogen-bond donors (Lipinski definition) is 1. The second-order valence-corrected chi connectivity index (χ2v) is 3.63. The molecule has 0 saturated carbocycles. The average Bonchev–Trinajstić information content (AvgIpc) is 2.11. The number of aryl methyl sites for hydroxylation is 1. The fraction of sp³-hybridized carbons (Fsp3) is 0.100. The third-order valence-corrected chi connectivity index (χ3v) is 2.38. The summed E-state index contributed by atoms with van der Waals surface area (Å²) in [7, 11) is 0. The van der Waals surface area contributed by atoms with Gasteiger partial charge in [0, 0.05) is 4.90 Å². The Bertz CT molecular complexity index is 377. The Morgan fingerprint density at radius 1 is 1.62 bits per heavy atom. The summed E-state index contributed by atoms with van der Waals surface area (Å²) >= 11 is 1.43. The molecule has 0 aliphatic heterocycles. The number of nitrogens with two attached hydrogens (primary N) is 1. The number of nitriles is 1. The molecule has 0 radical (unpaired) electrons. The molecule has 0 unspecified atom stereocenters. The van der Waals surface area contributed by atoms with Gasteiger partial charge in [0.05, 0.1) is 11.3 Å². The van der Waals surface area contributed by atoms with E-state index >= 15 is 0 Å². The highest BCUT2D eigenvalue weighted by molar-refractivity contribution is 8.02. The largest absolute Gasteiger partial charge is 0.397 e. The molecule has 1 aromatic carbocycles. The zero-order valence-corrected chi connectivity index (χ0v) is 8.19. The molecule has 3 heteroatoms. The molecule has 0 bridgehead atoms. The van der Waals surface area contributed by atoms with Crippen LogP contribution in [0.4, 0.5) is 5.69 Å². The fourth-order valence-corrected chi connectivity index (χ4v) is 1.71. The Morgan fingerprint density at radius 2 is 2.31 bits per heavy atom. The highest BCUT2D eigenvalue weighted by Crippen LogP contribution is 2.29. The molecule has 0 amide bonds. The normalized spacial score (nSPS) is 9.23. The lowest BCUT2D eigenvalue weighted by molar-refractivity contribution is 1.34. The van der Waals surface area contributed by atoms with Crippen molar-refractivity contribution in [2.45, 2.75) is 11.8 Å². The van der Waals surface area contributed by atoms with Crippen molar-refractivity contribution < 1.29 is 0 Å². The van der Waals surface area contributed by atoms with Gasteiger partial charge in [0.25, 0.3) is 0 Å². The molecule has 2 nitrogen and oxygen atoms in total. The van der Waals surface area contributed by atoms with Gasteiger partial charge in [0.1, 0.15) is 6.07 Å².